The number of furan rings is 1. The molecular formula is C54H32BNO3. The van der Waals surface area contributed by atoms with Crippen molar-refractivity contribution in [1.82, 2.24) is 4.57 Å². The van der Waals surface area contributed by atoms with E-state index in [2.05, 4.69) is 180 Å². The molecule has 11 aromatic rings. The Labute approximate surface area is 340 Å². The second-order valence-corrected chi connectivity index (χ2v) is 15.5. The van der Waals surface area contributed by atoms with Crippen molar-refractivity contribution in [1.29, 1.82) is 0 Å². The molecule has 0 saturated carbocycles. The van der Waals surface area contributed by atoms with Gasteiger partial charge in [-0.2, -0.15) is 0 Å². The summed E-state index contributed by atoms with van der Waals surface area (Å²) in [7, 11) is 0. The smallest absolute Gasteiger partial charge is 0.434 e. The molecule has 4 heterocycles. The van der Waals surface area contributed by atoms with E-state index in [-0.39, 0.29) is 6.92 Å². The molecular weight excluding hydrogens is 721 g/mol. The molecule has 2 aliphatic rings. The number of aromatic nitrogens is 1. The van der Waals surface area contributed by atoms with Gasteiger partial charge in [-0.15, -0.1) is 0 Å². The van der Waals surface area contributed by atoms with Crippen LogP contribution in [0.2, 0.25) is 0 Å². The van der Waals surface area contributed by atoms with Crippen LogP contribution in [0.15, 0.2) is 199 Å². The molecule has 0 unspecified atom stereocenters. The maximum atomic E-state index is 7.04. The number of fused-ring (bicyclic) bond motifs is 10. The highest BCUT2D eigenvalue weighted by molar-refractivity contribution is 6.84. The number of rotatable bonds is 4. The number of nitrogens with zero attached hydrogens (tertiary/aromatic N) is 1. The molecule has 0 fully saturated rings. The van der Waals surface area contributed by atoms with E-state index in [0.717, 1.165) is 100 Å². The lowest BCUT2D eigenvalue weighted by Crippen LogP contribution is -2.53. The number of para-hydroxylation sites is 4. The normalized spacial score (nSPS) is 12.6. The molecule has 4 nitrogen and oxygen atoms in total. The van der Waals surface area contributed by atoms with Crippen molar-refractivity contribution < 1.29 is 13.8 Å². The summed E-state index contributed by atoms with van der Waals surface area (Å²) < 4.78 is 22.6. The monoisotopic (exact) mass is 753 g/mol. The summed E-state index contributed by atoms with van der Waals surface area (Å²) in [6.07, 6.45) is 0. The number of hydrogen-bond acceptors (Lipinski definition) is 3. The molecule has 0 spiro atoms. The van der Waals surface area contributed by atoms with Gasteiger partial charge < -0.3 is 18.4 Å². The fourth-order valence-corrected chi connectivity index (χ4v) is 9.69. The molecule has 0 bridgehead atoms. The van der Waals surface area contributed by atoms with Gasteiger partial charge in [-0.25, -0.2) is 0 Å². The highest BCUT2D eigenvalue weighted by atomic mass is 16.5. The third kappa shape index (κ3) is 4.79. The van der Waals surface area contributed by atoms with Crippen LogP contribution >= 0.6 is 0 Å². The second kappa shape index (κ2) is 12.4. The zero-order chi connectivity index (χ0) is 38.6. The Balaban J connectivity index is 0.959. The average Bonchev–Trinajstić information content (AvgIpc) is 3.85. The number of hydrogen-bond donors (Lipinski definition) is 0. The summed E-state index contributed by atoms with van der Waals surface area (Å²) in [5.74, 6) is 2.47. The van der Waals surface area contributed by atoms with Crippen LogP contribution < -0.4 is 20.3 Å². The summed E-state index contributed by atoms with van der Waals surface area (Å²) in [6, 6.07) is 68.8. The van der Waals surface area contributed by atoms with Gasteiger partial charge in [0, 0.05) is 43.7 Å². The first kappa shape index (κ1) is 32.3. The first-order chi connectivity index (χ1) is 29.2. The highest BCUT2D eigenvalue weighted by Gasteiger charge is 2.41. The molecule has 274 valence electrons. The van der Waals surface area contributed by atoms with Gasteiger partial charge in [-0.05, 0) is 99.6 Å². The molecule has 0 atom stereocenters. The molecule has 0 amide bonds. The first-order valence-corrected chi connectivity index (χ1v) is 20.1. The third-order valence-corrected chi connectivity index (χ3v) is 12.3. The lowest BCUT2D eigenvalue weighted by molar-refractivity contribution is 0.480. The quantitative estimate of drug-likeness (QED) is 0.168. The van der Waals surface area contributed by atoms with Crippen LogP contribution in [0.4, 0.5) is 0 Å². The van der Waals surface area contributed by atoms with E-state index < -0.39 is 0 Å². The van der Waals surface area contributed by atoms with Crippen molar-refractivity contribution in [3.63, 3.8) is 0 Å². The predicted octanol–water partition coefficient (Wildman–Crippen LogP) is 13.0. The van der Waals surface area contributed by atoms with Gasteiger partial charge in [0.15, 0.2) is 0 Å². The minimum Gasteiger partial charge on any atom is -0.551 e. The van der Waals surface area contributed by atoms with Gasteiger partial charge in [0.25, 0.3) is 0 Å². The standard InChI is InChI=1S/C54H32BNO3/c1-2-16-38(42-21-12-26-50-53(42)43-20-6-9-24-48(43)57-50)37(15-1)35-30-44-41-19-5-10-25-49(41)59-55-45-28-27-34(31-51(45)58-52(32-35)54(44)55)33-13-11-14-36(29-33)56-46-22-7-3-17-39(46)40-18-4-8-23-47(40)56/h1-32H. The Kier molecular flexibility index (Phi) is 6.78. The Morgan fingerprint density at radius 2 is 1.03 bits per heavy atom. The fourth-order valence-electron chi connectivity index (χ4n) is 9.69. The van der Waals surface area contributed by atoms with Crippen molar-refractivity contribution in [3.8, 4) is 67.4 Å². The van der Waals surface area contributed by atoms with Crippen LogP contribution in [-0.2, 0) is 0 Å². The molecule has 13 rings (SSSR count). The Bertz CT molecular complexity index is 3490. The van der Waals surface area contributed by atoms with Crippen molar-refractivity contribution in [2.75, 3.05) is 0 Å². The lowest BCUT2D eigenvalue weighted by Gasteiger charge is -2.33. The van der Waals surface area contributed by atoms with E-state index in [4.69, 9.17) is 13.8 Å². The summed E-state index contributed by atoms with van der Waals surface area (Å²) in [5, 5.41) is 4.72. The fraction of sp³-hybridized carbons (Fsp3) is 0. The largest absolute Gasteiger partial charge is 0.551 e. The third-order valence-electron chi connectivity index (χ3n) is 12.3. The van der Waals surface area contributed by atoms with Gasteiger partial charge in [-0.3, -0.25) is 0 Å². The van der Waals surface area contributed by atoms with Crippen molar-refractivity contribution in [3.05, 3.63) is 194 Å². The van der Waals surface area contributed by atoms with Gasteiger partial charge in [0.05, 0.1) is 11.0 Å². The molecule has 59 heavy (non-hydrogen) atoms. The molecule has 2 aromatic heterocycles. The van der Waals surface area contributed by atoms with Crippen LogP contribution in [0.1, 0.15) is 0 Å². The summed E-state index contributed by atoms with van der Waals surface area (Å²) >= 11 is 0. The zero-order valence-corrected chi connectivity index (χ0v) is 31.7. The molecule has 0 radical (unpaired) electrons. The zero-order valence-electron chi connectivity index (χ0n) is 31.7. The van der Waals surface area contributed by atoms with Crippen molar-refractivity contribution in [2.24, 2.45) is 0 Å². The average molecular weight is 754 g/mol. The highest BCUT2D eigenvalue weighted by Crippen LogP contribution is 2.45. The Hall–Kier alpha value is -7.76. The summed E-state index contributed by atoms with van der Waals surface area (Å²) in [4.78, 5) is 0. The molecule has 0 N–H and O–H groups in total. The van der Waals surface area contributed by atoms with E-state index in [1.54, 1.807) is 0 Å². The van der Waals surface area contributed by atoms with E-state index in [1.807, 2.05) is 18.2 Å². The minimum atomic E-state index is -0.313. The number of ether oxygens (including phenoxy) is 1. The summed E-state index contributed by atoms with van der Waals surface area (Å²) in [5.41, 5.74) is 16.2. The minimum absolute atomic E-state index is 0.313. The topological polar surface area (TPSA) is 36.5 Å². The summed E-state index contributed by atoms with van der Waals surface area (Å²) in [6.45, 7) is -0.313. The second-order valence-electron chi connectivity index (χ2n) is 15.5. The molecule has 5 heteroatoms. The van der Waals surface area contributed by atoms with Crippen LogP contribution in [0.3, 0.4) is 0 Å². The van der Waals surface area contributed by atoms with E-state index >= 15 is 0 Å². The van der Waals surface area contributed by atoms with E-state index in [0.29, 0.717) is 0 Å². The van der Waals surface area contributed by atoms with Gasteiger partial charge in [0.1, 0.15) is 28.4 Å². The van der Waals surface area contributed by atoms with Gasteiger partial charge >= 0.3 is 6.92 Å². The molecule has 9 aromatic carbocycles. The van der Waals surface area contributed by atoms with Gasteiger partial charge in [-0.1, -0.05) is 133 Å². The number of benzene rings is 9. The Morgan fingerprint density at radius 3 is 1.88 bits per heavy atom. The van der Waals surface area contributed by atoms with Crippen molar-refractivity contribution >= 4 is 61.6 Å². The lowest BCUT2D eigenvalue weighted by atomic mass is 9.50. The predicted molar refractivity (Wildman–Crippen MR) is 242 cm³/mol. The van der Waals surface area contributed by atoms with E-state index in [9.17, 15) is 0 Å². The maximum Gasteiger partial charge on any atom is 0.434 e. The van der Waals surface area contributed by atoms with Crippen LogP contribution in [0, 0.1) is 0 Å². The molecule has 0 saturated heterocycles. The molecule has 2 aliphatic heterocycles. The van der Waals surface area contributed by atoms with Crippen LogP contribution in [-0.4, -0.2) is 11.5 Å². The maximum absolute atomic E-state index is 7.04. The van der Waals surface area contributed by atoms with Crippen molar-refractivity contribution in [2.45, 2.75) is 0 Å². The van der Waals surface area contributed by atoms with Crippen LogP contribution in [0.5, 0.6) is 17.2 Å². The SMILES string of the molecule is c1cc(-c2ccc3c(c2)Oc2cc(-c4ccccc4-c4cccc5oc6ccccc6c45)cc4c2B3Oc2ccccc2-4)cc(-n2c3ccccc3c3ccccc32)c1. The van der Waals surface area contributed by atoms with Crippen LogP contribution in [0.25, 0.3) is 93.9 Å². The van der Waals surface area contributed by atoms with Gasteiger partial charge in [0.2, 0.25) is 0 Å². The van der Waals surface area contributed by atoms with E-state index in [1.165, 1.54) is 21.8 Å². The Morgan fingerprint density at radius 1 is 0.390 bits per heavy atom. The first-order valence-electron chi connectivity index (χ1n) is 20.1. The molecule has 0 aliphatic carbocycles.